The Morgan fingerprint density at radius 1 is 0.957 bits per heavy atom. The average Bonchev–Trinajstić information content (AvgIpc) is 2.53. The van der Waals surface area contributed by atoms with E-state index in [1.165, 1.54) is 17.1 Å². The van der Waals surface area contributed by atoms with Crippen molar-refractivity contribution in [3.05, 3.63) is 70.7 Å². The second-order valence-electron chi connectivity index (χ2n) is 4.90. The maximum absolute atomic E-state index is 6.04. The maximum Gasteiger partial charge on any atom is 0.165 e. The molecule has 0 radical (unpaired) electrons. The zero-order chi connectivity index (χ0) is 16.2. The molecular weight excluding hydrogens is 347 g/mol. The Labute approximate surface area is 149 Å². The van der Waals surface area contributed by atoms with Crippen LogP contribution in [-0.4, -0.2) is 11.4 Å². The fourth-order valence-corrected chi connectivity index (χ4v) is 3.22. The lowest BCUT2D eigenvalue weighted by atomic mass is 10.1. The molecule has 0 unspecified atom stereocenters. The third-order valence-corrected chi connectivity index (χ3v) is 4.31. The molecule has 1 N–H and O–H groups in total. The Morgan fingerprint density at radius 2 is 1.65 bits per heavy atom. The molecule has 0 bridgehead atoms. The summed E-state index contributed by atoms with van der Waals surface area (Å²) in [4.78, 5) is 4.74. The molecule has 0 heterocycles. The van der Waals surface area contributed by atoms with Gasteiger partial charge in [-0.1, -0.05) is 71.4 Å². The normalized spacial score (nSPS) is 11.7. The van der Waals surface area contributed by atoms with Gasteiger partial charge < -0.3 is 5.32 Å². The summed E-state index contributed by atoms with van der Waals surface area (Å²) in [6.07, 6.45) is 1.98. The predicted molar refractivity (Wildman–Crippen MR) is 105 cm³/mol. The second-order valence-corrected chi connectivity index (χ2v) is 6.57. The lowest BCUT2D eigenvalue weighted by Crippen LogP contribution is -2.06. The Bertz CT molecular complexity index is 852. The van der Waals surface area contributed by atoms with Gasteiger partial charge in [-0.15, -0.1) is 0 Å². The average molecular weight is 361 g/mol. The molecular formula is C18H14Cl2N2S. The number of rotatable bonds is 2. The van der Waals surface area contributed by atoms with E-state index in [-0.39, 0.29) is 0 Å². The van der Waals surface area contributed by atoms with Crippen molar-refractivity contribution in [2.75, 3.05) is 11.6 Å². The number of fused-ring (bicyclic) bond motifs is 1. The molecule has 5 heteroatoms. The van der Waals surface area contributed by atoms with Crippen molar-refractivity contribution in [1.29, 1.82) is 0 Å². The lowest BCUT2D eigenvalue weighted by Gasteiger charge is -2.09. The number of nitrogens with one attached hydrogen (secondary N) is 1. The van der Waals surface area contributed by atoms with Crippen molar-refractivity contribution in [2.45, 2.75) is 0 Å². The zero-order valence-corrected chi connectivity index (χ0v) is 14.7. The minimum Gasteiger partial charge on any atom is -0.335 e. The molecule has 0 aromatic heterocycles. The number of thioether (sulfide) groups is 1. The molecule has 0 aliphatic carbocycles. The highest BCUT2D eigenvalue weighted by Gasteiger charge is 2.04. The number of nitrogens with zero attached hydrogens (tertiary/aromatic N) is 1. The molecule has 3 aromatic carbocycles. The molecule has 0 saturated heterocycles. The van der Waals surface area contributed by atoms with E-state index >= 15 is 0 Å². The smallest absolute Gasteiger partial charge is 0.165 e. The Hall–Kier alpha value is -1.68. The van der Waals surface area contributed by atoms with Crippen LogP contribution >= 0.6 is 35.0 Å². The van der Waals surface area contributed by atoms with Crippen LogP contribution in [0.3, 0.4) is 0 Å². The maximum atomic E-state index is 6.04. The number of halogens is 2. The van der Waals surface area contributed by atoms with Gasteiger partial charge in [-0.05, 0) is 35.9 Å². The summed E-state index contributed by atoms with van der Waals surface area (Å²) in [5.41, 5.74) is 1.74. The predicted octanol–water partition coefficient (Wildman–Crippen LogP) is 6.61. The van der Waals surface area contributed by atoms with Gasteiger partial charge in [0.05, 0.1) is 5.69 Å². The summed E-state index contributed by atoms with van der Waals surface area (Å²) in [6, 6.07) is 19.6. The quantitative estimate of drug-likeness (QED) is 0.410. The largest absolute Gasteiger partial charge is 0.335 e. The third kappa shape index (κ3) is 3.99. The first kappa shape index (κ1) is 16.2. The van der Waals surface area contributed by atoms with Crippen molar-refractivity contribution >= 4 is 62.3 Å². The van der Waals surface area contributed by atoms with Gasteiger partial charge in [-0.25, -0.2) is 4.99 Å². The van der Waals surface area contributed by atoms with E-state index in [2.05, 4.69) is 23.5 Å². The molecule has 0 aliphatic heterocycles. The SMILES string of the molecule is CSC(=Nc1cccc2ccccc12)Nc1cc(Cl)cc(Cl)c1. The minimum atomic E-state index is 0.589. The molecule has 0 atom stereocenters. The van der Waals surface area contributed by atoms with Gasteiger partial charge in [0.2, 0.25) is 0 Å². The van der Waals surface area contributed by atoms with Crippen molar-refractivity contribution in [1.82, 2.24) is 0 Å². The summed E-state index contributed by atoms with van der Waals surface area (Å²) in [5.74, 6) is 0. The highest BCUT2D eigenvalue weighted by atomic mass is 35.5. The van der Waals surface area contributed by atoms with Gasteiger partial charge in [0.15, 0.2) is 5.17 Å². The molecule has 0 spiro atoms. The van der Waals surface area contributed by atoms with E-state index in [4.69, 9.17) is 28.2 Å². The fraction of sp³-hybridized carbons (Fsp3) is 0.0556. The number of amidine groups is 1. The highest BCUT2D eigenvalue weighted by Crippen LogP contribution is 2.28. The van der Waals surface area contributed by atoms with Crippen molar-refractivity contribution in [3.8, 4) is 0 Å². The van der Waals surface area contributed by atoms with Crippen LogP contribution in [-0.2, 0) is 0 Å². The molecule has 3 aromatic rings. The van der Waals surface area contributed by atoms with E-state index in [0.29, 0.717) is 10.0 Å². The first-order chi connectivity index (χ1) is 11.2. The van der Waals surface area contributed by atoms with Crippen LogP contribution in [0.15, 0.2) is 65.7 Å². The summed E-state index contributed by atoms with van der Waals surface area (Å²) >= 11 is 13.6. The fourth-order valence-electron chi connectivity index (χ4n) is 2.29. The molecule has 2 nitrogen and oxygen atoms in total. The summed E-state index contributed by atoms with van der Waals surface area (Å²) < 4.78 is 0. The van der Waals surface area contributed by atoms with E-state index in [9.17, 15) is 0 Å². The van der Waals surface area contributed by atoms with Gasteiger partial charge in [-0.3, -0.25) is 0 Å². The summed E-state index contributed by atoms with van der Waals surface area (Å²) in [5, 5.41) is 7.51. The molecule has 116 valence electrons. The second kappa shape index (κ2) is 7.26. The highest BCUT2D eigenvalue weighted by molar-refractivity contribution is 8.13. The topological polar surface area (TPSA) is 24.4 Å². The van der Waals surface area contributed by atoms with Crippen molar-refractivity contribution in [2.24, 2.45) is 4.99 Å². The van der Waals surface area contributed by atoms with Crippen LogP contribution in [0.5, 0.6) is 0 Å². The Morgan fingerprint density at radius 3 is 2.39 bits per heavy atom. The molecule has 0 fully saturated rings. The van der Waals surface area contributed by atoms with E-state index in [1.54, 1.807) is 6.07 Å². The van der Waals surface area contributed by atoms with Crippen molar-refractivity contribution in [3.63, 3.8) is 0 Å². The molecule has 3 rings (SSSR count). The standard InChI is InChI=1S/C18H14Cl2N2S/c1-23-18(21-15-10-13(19)9-14(20)11-15)22-17-8-4-6-12-5-2-3-7-16(12)17/h2-11H,1H3,(H,21,22). The number of anilines is 1. The zero-order valence-electron chi connectivity index (χ0n) is 12.4. The molecule has 0 amide bonds. The first-order valence-corrected chi connectivity index (χ1v) is 8.97. The van der Waals surface area contributed by atoms with Gasteiger partial charge in [0.1, 0.15) is 0 Å². The number of benzene rings is 3. The summed E-state index contributed by atoms with van der Waals surface area (Å²) in [7, 11) is 0. The van der Waals surface area contributed by atoms with Gasteiger partial charge in [0.25, 0.3) is 0 Å². The van der Waals surface area contributed by atoms with Crippen LogP contribution in [0.2, 0.25) is 10.0 Å². The number of hydrogen-bond acceptors (Lipinski definition) is 2. The van der Waals surface area contributed by atoms with Crippen LogP contribution in [0.1, 0.15) is 0 Å². The van der Waals surface area contributed by atoms with Crippen LogP contribution in [0.25, 0.3) is 10.8 Å². The van der Waals surface area contributed by atoms with E-state index in [1.807, 2.05) is 42.7 Å². The van der Waals surface area contributed by atoms with Crippen LogP contribution in [0, 0.1) is 0 Å². The van der Waals surface area contributed by atoms with Crippen molar-refractivity contribution < 1.29 is 0 Å². The number of hydrogen-bond donors (Lipinski definition) is 1. The lowest BCUT2D eigenvalue weighted by molar-refractivity contribution is 1.54. The molecule has 23 heavy (non-hydrogen) atoms. The third-order valence-electron chi connectivity index (χ3n) is 3.30. The molecule has 0 aliphatic rings. The first-order valence-electron chi connectivity index (χ1n) is 6.99. The minimum absolute atomic E-state index is 0.589. The molecule has 0 saturated carbocycles. The van der Waals surface area contributed by atoms with Crippen LogP contribution < -0.4 is 5.32 Å². The number of aliphatic imine (C=N–C) groups is 1. The van der Waals surface area contributed by atoms with Gasteiger partial charge >= 0.3 is 0 Å². The van der Waals surface area contributed by atoms with E-state index in [0.717, 1.165) is 21.9 Å². The summed E-state index contributed by atoms with van der Waals surface area (Å²) in [6.45, 7) is 0. The van der Waals surface area contributed by atoms with E-state index < -0.39 is 0 Å². The Kier molecular flexibility index (Phi) is 5.11. The monoisotopic (exact) mass is 360 g/mol. The van der Waals surface area contributed by atoms with Gasteiger partial charge in [-0.2, -0.15) is 0 Å². The van der Waals surface area contributed by atoms with Gasteiger partial charge in [0, 0.05) is 21.1 Å². The van der Waals surface area contributed by atoms with Crippen LogP contribution in [0.4, 0.5) is 11.4 Å². The Balaban J connectivity index is 1.97.